The number of aromatic nitrogens is 1. The minimum absolute atomic E-state index is 0.0729. The number of fused-ring (bicyclic) bond motifs is 1. The lowest BCUT2D eigenvalue weighted by molar-refractivity contribution is -0.123. The van der Waals surface area contributed by atoms with Gasteiger partial charge in [0.1, 0.15) is 17.4 Å². The van der Waals surface area contributed by atoms with Gasteiger partial charge in [-0.15, -0.1) is 0 Å². The lowest BCUT2D eigenvalue weighted by Gasteiger charge is -2.35. The monoisotopic (exact) mass is 619 g/mol. The molecule has 0 radical (unpaired) electrons. The van der Waals surface area contributed by atoms with E-state index in [-0.39, 0.29) is 11.4 Å². The molecule has 4 rings (SSSR count). The molecule has 0 spiro atoms. The number of carbonyl (C=O) groups excluding carboxylic acids is 2. The molecule has 4 aromatic rings. The molecule has 44 heavy (non-hydrogen) atoms. The minimum atomic E-state index is -4.29. The van der Waals surface area contributed by atoms with Gasteiger partial charge in [-0.05, 0) is 93.6 Å². The van der Waals surface area contributed by atoms with Crippen LogP contribution in [0.3, 0.4) is 0 Å². The average Bonchev–Trinajstić information content (AvgIpc) is 3.38. The van der Waals surface area contributed by atoms with Crippen LogP contribution in [0.1, 0.15) is 51.3 Å². The van der Waals surface area contributed by atoms with Crippen LogP contribution in [-0.2, 0) is 26.1 Å². The van der Waals surface area contributed by atoms with Crippen molar-refractivity contribution in [2.75, 3.05) is 11.4 Å². The van der Waals surface area contributed by atoms with Crippen molar-refractivity contribution in [3.63, 3.8) is 0 Å². The number of amides is 1. The van der Waals surface area contributed by atoms with Crippen LogP contribution in [0.25, 0.3) is 10.9 Å². The average molecular weight is 620 g/mol. The van der Waals surface area contributed by atoms with Gasteiger partial charge in [-0.2, -0.15) is 0 Å². The largest absolute Gasteiger partial charge is 0.496 e. The molecule has 0 aliphatic heterocycles. The fourth-order valence-corrected chi connectivity index (χ4v) is 7.16. The van der Waals surface area contributed by atoms with Gasteiger partial charge in [0.05, 0.1) is 23.2 Å². The number of anilines is 1. The van der Waals surface area contributed by atoms with Gasteiger partial charge in [-0.3, -0.25) is 13.7 Å². The third-order valence-corrected chi connectivity index (χ3v) is 9.16. The molecular weight excluding hydrogens is 578 g/mol. The summed E-state index contributed by atoms with van der Waals surface area (Å²) in [5.74, 6) is -0.261. The predicted molar refractivity (Wildman–Crippen MR) is 173 cm³/mol. The maximum absolute atomic E-state index is 14.7. The number of hydrogen-bond donors (Lipinski definition) is 1. The molecule has 1 aromatic heterocycles. The number of nitrogens with zero attached hydrogens (tertiary/aromatic N) is 2. The van der Waals surface area contributed by atoms with Crippen LogP contribution in [0.4, 0.5) is 10.5 Å². The van der Waals surface area contributed by atoms with Gasteiger partial charge in [0.2, 0.25) is 5.91 Å². The van der Waals surface area contributed by atoms with Crippen molar-refractivity contribution in [2.45, 2.75) is 71.5 Å². The van der Waals surface area contributed by atoms with Crippen molar-refractivity contribution in [3.8, 4) is 5.75 Å². The Morgan fingerprint density at radius 1 is 0.955 bits per heavy atom. The van der Waals surface area contributed by atoms with Crippen LogP contribution in [0, 0.1) is 19.8 Å². The quantitative estimate of drug-likeness (QED) is 0.227. The molecular formula is C34H41N3O6S. The van der Waals surface area contributed by atoms with E-state index in [0.29, 0.717) is 33.5 Å². The highest BCUT2D eigenvalue weighted by molar-refractivity contribution is 7.93. The highest BCUT2D eigenvalue weighted by atomic mass is 32.2. The molecule has 1 heterocycles. The molecule has 234 valence electrons. The smallest absolute Gasteiger partial charge is 0.418 e. The van der Waals surface area contributed by atoms with Crippen molar-refractivity contribution in [3.05, 3.63) is 89.6 Å². The van der Waals surface area contributed by atoms with Gasteiger partial charge in [0.15, 0.2) is 0 Å². The van der Waals surface area contributed by atoms with Crippen LogP contribution in [0.2, 0.25) is 0 Å². The zero-order valence-electron chi connectivity index (χ0n) is 26.5. The van der Waals surface area contributed by atoms with Crippen molar-refractivity contribution in [1.29, 1.82) is 0 Å². The van der Waals surface area contributed by atoms with Crippen LogP contribution in [-0.4, -0.2) is 43.7 Å². The molecule has 0 saturated heterocycles. The molecule has 0 saturated carbocycles. The highest BCUT2D eigenvalue weighted by Gasteiger charge is 2.39. The molecule has 1 atom stereocenters. The maximum atomic E-state index is 14.7. The summed E-state index contributed by atoms with van der Waals surface area (Å²) in [7, 11) is -2.75. The summed E-state index contributed by atoms with van der Waals surface area (Å²) in [6.07, 6.45) is 1.04. The molecule has 1 amide bonds. The molecule has 10 heteroatoms. The molecule has 1 N–H and O–H groups in total. The molecule has 0 aliphatic rings. The summed E-state index contributed by atoms with van der Waals surface area (Å²) in [6, 6.07) is 18.3. The van der Waals surface area contributed by atoms with E-state index < -0.39 is 39.6 Å². The third kappa shape index (κ3) is 6.91. The van der Waals surface area contributed by atoms with E-state index in [2.05, 4.69) is 5.32 Å². The Morgan fingerprint density at radius 2 is 1.64 bits per heavy atom. The number of aryl methyl sites for hydroxylation is 2. The minimum Gasteiger partial charge on any atom is -0.496 e. The number of methoxy groups -OCH3 is 1. The van der Waals surface area contributed by atoms with Gasteiger partial charge in [0.25, 0.3) is 10.0 Å². The van der Waals surface area contributed by atoms with E-state index in [1.165, 1.54) is 16.0 Å². The van der Waals surface area contributed by atoms with Gasteiger partial charge in [-0.25, -0.2) is 13.2 Å². The number of ether oxygens (including phenoxy) is 2. The van der Waals surface area contributed by atoms with E-state index in [4.69, 9.17) is 9.47 Å². The number of nitrogens with one attached hydrogen (secondary N) is 1. The number of carbonyl (C=O) groups is 2. The molecule has 0 fully saturated rings. The maximum Gasteiger partial charge on any atom is 0.418 e. The third-order valence-electron chi connectivity index (χ3n) is 7.21. The van der Waals surface area contributed by atoms with E-state index in [0.717, 1.165) is 5.56 Å². The zero-order chi connectivity index (χ0) is 32.4. The summed E-state index contributed by atoms with van der Waals surface area (Å²) < 4.78 is 42.9. The van der Waals surface area contributed by atoms with Crippen LogP contribution in [0.5, 0.6) is 5.75 Å². The standard InChI is InChI=1S/C34H41N3O6S/c1-22(2)31(32(38)35-21-25-12-10-9-11-13-25)37(44(40,41)30-19-23(3)29(42-8)18-24(30)4)27-14-15-28-26(20-27)16-17-36(28)33(39)43-34(5,6)7/h9-20,22,31H,21H2,1-8H3,(H,35,38)/t31-/m1/s1. The Labute approximate surface area is 259 Å². The first-order chi connectivity index (χ1) is 20.6. The Kier molecular flexibility index (Phi) is 9.44. The Morgan fingerprint density at radius 3 is 2.25 bits per heavy atom. The zero-order valence-corrected chi connectivity index (χ0v) is 27.4. The fraction of sp³-hybridized carbons (Fsp3) is 0.353. The molecule has 0 unspecified atom stereocenters. The second-order valence-corrected chi connectivity index (χ2v) is 14.0. The van der Waals surface area contributed by atoms with Gasteiger partial charge in [-0.1, -0.05) is 44.2 Å². The number of rotatable bonds is 9. The fourth-order valence-electron chi connectivity index (χ4n) is 5.12. The second kappa shape index (κ2) is 12.7. The molecule has 3 aromatic carbocycles. The predicted octanol–water partition coefficient (Wildman–Crippen LogP) is 6.59. The Hall–Kier alpha value is -4.31. The SMILES string of the molecule is COc1cc(C)c(S(=O)(=O)N(c2ccc3c(ccn3C(=O)OC(C)(C)C)c2)[C@@H](C(=O)NCc2ccccc2)C(C)C)cc1C. The van der Waals surface area contributed by atoms with Crippen molar-refractivity contribution in [2.24, 2.45) is 5.92 Å². The summed E-state index contributed by atoms with van der Waals surface area (Å²) in [5.41, 5.74) is 2.18. The van der Waals surface area contributed by atoms with Crippen molar-refractivity contribution >= 4 is 38.6 Å². The summed E-state index contributed by atoms with van der Waals surface area (Å²) in [5, 5.41) is 3.56. The lowest BCUT2D eigenvalue weighted by Crippen LogP contribution is -2.52. The number of benzene rings is 3. The van der Waals surface area contributed by atoms with Crippen molar-refractivity contribution in [1.82, 2.24) is 9.88 Å². The van der Waals surface area contributed by atoms with Crippen LogP contribution < -0.4 is 14.4 Å². The molecule has 0 aliphatic carbocycles. The van der Waals surface area contributed by atoms with E-state index in [9.17, 15) is 18.0 Å². The first-order valence-electron chi connectivity index (χ1n) is 14.5. The number of hydrogen-bond acceptors (Lipinski definition) is 6. The van der Waals surface area contributed by atoms with E-state index in [1.807, 2.05) is 44.2 Å². The Bertz CT molecular complexity index is 1770. The van der Waals surface area contributed by atoms with Gasteiger partial charge in [0, 0.05) is 18.1 Å². The normalized spacial score (nSPS) is 12.7. The molecule has 9 nitrogen and oxygen atoms in total. The summed E-state index contributed by atoms with van der Waals surface area (Å²) >= 11 is 0. The first kappa shape index (κ1) is 32.6. The van der Waals surface area contributed by atoms with Crippen LogP contribution >= 0.6 is 0 Å². The highest BCUT2D eigenvalue weighted by Crippen LogP contribution is 2.35. The summed E-state index contributed by atoms with van der Waals surface area (Å²) in [6.45, 7) is 12.7. The van der Waals surface area contributed by atoms with Crippen molar-refractivity contribution < 1.29 is 27.5 Å². The summed E-state index contributed by atoms with van der Waals surface area (Å²) in [4.78, 5) is 26.8. The van der Waals surface area contributed by atoms with Crippen LogP contribution in [0.15, 0.2) is 77.8 Å². The molecule has 0 bridgehead atoms. The van der Waals surface area contributed by atoms with E-state index in [1.54, 1.807) is 77.2 Å². The lowest BCUT2D eigenvalue weighted by atomic mass is 10.0. The second-order valence-electron chi connectivity index (χ2n) is 12.2. The topological polar surface area (TPSA) is 107 Å². The van der Waals surface area contributed by atoms with Gasteiger partial charge >= 0.3 is 6.09 Å². The van der Waals surface area contributed by atoms with Gasteiger partial charge < -0.3 is 14.8 Å². The number of sulfonamides is 1. The Balaban J connectivity index is 1.86. The first-order valence-corrected chi connectivity index (χ1v) is 15.9. The van der Waals surface area contributed by atoms with E-state index >= 15 is 0 Å².